The third-order valence-electron chi connectivity index (χ3n) is 4.66. The average molecular weight is 418 g/mol. The van der Waals surface area contributed by atoms with E-state index in [-0.39, 0.29) is 42.4 Å². The van der Waals surface area contributed by atoms with E-state index in [0.717, 1.165) is 5.56 Å². The maximum Gasteiger partial charge on any atom is 0.338 e. The lowest BCUT2D eigenvalue weighted by Gasteiger charge is -2.33. The molecule has 29 heavy (non-hydrogen) atoms. The Morgan fingerprint density at radius 1 is 1.03 bits per heavy atom. The molecule has 1 fully saturated rings. The molecule has 0 unspecified atom stereocenters. The van der Waals surface area contributed by atoms with Crippen molar-refractivity contribution in [2.75, 3.05) is 32.8 Å². The zero-order valence-electron chi connectivity index (χ0n) is 15.9. The number of benzene rings is 2. The van der Waals surface area contributed by atoms with Crippen LogP contribution >= 0.6 is 0 Å². The van der Waals surface area contributed by atoms with E-state index in [0.29, 0.717) is 0 Å². The van der Waals surface area contributed by atoms with Gasteiger partial charge in [0.1, 0.15) is 5.75 Å². The second kappa shape index (κ2) is 8.62. The van der Waals surface area contributed by atoms with Crippen LogP contribution in [0.4, 0.5) is 0 Å². The summed E-state index contributed by atoms with van der Waals surface area (Å²) in [4.78, 5) is 25.9. The maximum atomic E-state index is 12.7. The lowest BCUT2D eigenvalue weighted by atomic mass is 10.2. The fraction of sp³-hybridized carbons (Fsp3) is 0.300. The quantitative estimate of drug-likeness (QED) is 0.736. The van der Waals surface area contributed by atoms with E-state index in [1.54, 1.807) is 24.3 Å². The van der Waals surface area contributed by atoms with Crippen molar-refractivity contribution in [1.29, 1.82) is 0 Å². The number of aryl methyl sites for hydroxylation is 1. The highest BCUT2D eigenvalue weighted by atomic mass is 32.2. The summed E-state index contributed by atoms with van der Waals surface area (Å²) in [5.41, 5.74) is 1.12. The molecule has 1 heterocycles. The minimum Gasteiger partial charge on any atom is -0.508 e. The van der Waals surface area contributed by atoms with Gasteiger partial charge in [-0.3, -0.25) is 4.79 Å². The van der Waals surface area contributed by atoms with Crippen LogP contribution < -0.4 is 0 Å². The average Bonchev–Trinajstić information content (AvgIpc) is 2.72. The Hall–Kier alpha value is -2.91. The Balaban J connectivity index is 1.53. The standard InChI is InChI=1S/C20H22N2O6S/c1-15-5-7-18(8-6-15)29(26,27)22-11-9-21(10-12-22)19(24)14-28-20(25)16-3-2-4-17(23)13-16/h2-8,13,23H,9-12,14H2,1H3. The number of ether oxygens (including phenoxy) is 1. The van der Waals surface area contributed by atoms with Gasteiger partial charge in [0.2, 0.25) is 10.0 Å². The number of carbonyl (C=O) groups is 2. The number of hydrogen-bond acceptors (Lipinski definition) is 6. The number of phenols is 1. The van der Waals surface area contributed by atoms with Crippen molar-refractivity contribution >= 4 is 21.9 Å². The maximum absolute atomic E-state index is 12.7. The van der Waals surface area contributed by atoms with Crippen LogP contribution in [0.2, 0.25) is 0 Å². The summed E-state index contributed by atoms with van der Waals surface area (Å²) < 4.78 is 31.8. The molecule has 0 aromatic heterocycles. The second-order valence-electron chi connectivity index (χ2n) is 6.72. The van der Waals surface area contributed by atoms with Crippen molar-refractivity contribution in [3.8, 4) is 5.75 Å². The third kappa shape index (κ3) is 4.93. The largest absolute Gasteiger partial charge is 0.508 e. The third-order valence-corrected chi connectivity index (χ3v) is 6.57. The first-order chi connectivity index (χ1) is 13.8. The zero-order chi connectivity index (χ0) is 21.0. The molecule has 2 aromatic carbocycles. The van der Waals surface area contributed by atoms with Gasteiger partial charge in [-0.15, -0.1) is 0 Å². The van der Waals surface area contributed by atoms with Crippen LogP contribution in [-0.4, -0.2) is 67.4 Å². The molecule has 8 nitrogen and oxygen atoms in total. The molecule has 154 valence electrons. The van der Waals surface area contributed by atoms with Gasteiger partial charge in [-0.2, -0.15) is 4.31 Å². The van der Waals surface area contributed by atoms with E-state index in [9.17, 15) is 23.1 Å². The van der Waals surface area contributed by atoms with Crippen LogP contribution in [0.25, 0.3) is 0 Å². The van der Waals surface area contributed by atoms with Gasteiger partial charge in [-0.1, -0.05) is 23.8 Å². The number of piperazine rings is 1. The molecule has 1 amide bonds. The fourth-order valence-electron chi connectivity index (χ4n) is 2.97. The molecule has 1 N–H and O–H groups in total. The number of amides is 1. The highest BCUT2D eigenvalue weighted by Crippen LogP contribution is 2.18. The Morgan fingerprint density at radius 3 is 2.31 bits per heavy atom. The van der Waals surface area contributed by atoms with Gasteiger partial charge in [0.15, 0.2) is 6.61 Å². The first-order valence-corrected chi connectivity index (χ1v) is 10.5. The molecule has 0 bridgehead atoms. The summed E-state index contributed by atoms with van der Waals surface area (Å²) in [5, 5.41) is 9.39. The molecule has 3 rings (SSSR count). The van der Waals surface area contributed by atoms with Crippen LogP contribution in [0.3, 0.4) is 0 Å². The van der Waals surface area contributed by atoms with Gasteiger partial charge in [-0.05, 0) is 37.3 Å². The summed E-state index contributed by atoms with van der Waals surface area (Å²) in [5.74, 6) is -1.18. The normalized spacial score (nSPS) is 15.1. The Labute approximate surface area is 169 Å². The van der Waals surface area contributed by atoms with E-state index >= 15 is 0 Å². The molecular formula is C20H22N2O6S. The number of carbonyl (C=O) groups excluding carboxylic acids is 2. The number of hydrogen-bond donors (Lipinski definition) is 1. The van der Waals surface area contributed by atoms with Crippen molar-refractivity contribution in [2.45, 2.75) is 11.8 Å². The number of nitrogens with zero attached hydrogens (tertiary/aromatic N) is 2. The summed E-state index contributed by atoms with van der Waals surface area (Å²) >= 11 is 0. The van der Waals surface area contributed by atoms with Crippen LogP contribution in [0.1, 0.15) is 15.9 Å². The molecule has 0 aliphatic carbocycles. The van der Waals surface area contributed by atoms with E-state index < -0.39 is 28.5 Å². The number of esters is 1. The van der Waals surface area contributed by atoms with Gasteiger partial charge in [0.25, 0.3) is 5.91 Å². The van der Waals surface area contributed by atoms with Crippen LogP contribution in [0.5, 0.6) is 5.75 Å². The van der Waals surface area contributed by atoms with Crippen LogP contribution in [0, 0.1) is 6.92 Å². The molecule has 1 aliphatic rings. The second-order valence-corrected chi connectivity index (χ2v) is 8.66. The van der Waals surface area contributed by atoms with Gasteiger partial charge in [-0.25, -0.2) is 13.2 Å². The fourth-order valence-corrected chi connectivity index (χ4v) is 4.39. The Bertz CT molecular complexity index is 996. The Kier molecular flexibility index (Phi) is 6.19. The monoisotopic (exact) mass is 418 g/mol. The SMILES string of the molecule is Cc1ccc(S(=O)(=O)N2CCN(C(=O)COC(=O)c3cccc(O)c3)CC2)cc1. The lowest BCUT2D eigenvalue weighted by Crippen LogP contribution is -2.51. The van der Waals surface area contributed by atoms with Gasteiger partial charge in [0, 0.05) is 26.2 Å². The van der Waals surface area contributed by atoms with Crippen LogP contribution in [-0.2, 0) is 19.6 Å². The smallest absolute Gasteiger partial charge is 0.338 e. The molecular weight excluding hydrogens is 396 g/mol. The molecule has 0 saturated carbocycles. The molecule has 9 heteroatoms. The first-order valence-electron chi connectivity index (χ1n) is 9.08. The number of aromatic hydroxyl groups is 1. The highest BCUT2D eigenvalue weighted by Gasteiger charge is 2.30. The minimum atomic E-state index is -3.61. The van der Waals surface area contributed by atoms with Crippen molar-refractivity contribution in [3.63, 3.8) is 0 Å². The molecule has 0 atom stereocenters. The predicted octanol–water partition coefficient (Wildman–Crippen LogP) is 1.39. The van der Waals surface area contributed by atoms with Crippen molar-refractivity contribution < 1.29 is 27.9 Å². The predicted molar refractivity (Wildman–Crippen MR) is 105 cm³/mol. The molecule has 2 aromatic rings. The van der Waals surface area contributed by atoms with Gasteiger partial charge in [0.05, 0.1) is 10.5 Å². The van der Waals surface area contributed by atoms with E-state index in [1.807, 2.05) is 6.92 Å². The molecule has 0 radical (unpaired) electrons. The summed E-state index contributed by atoms with van der Waals surface area (Å²) in [6.07, 6.45) is 0. The molecule has 0 spiro atoms. The topological polar surface area (TPSA) is 104 Å². The molecule has 1 saturated heterocycles. The summed E-state index contributed by atoms with van der Waals surface area (Å²) in [7, 11) is -3.61. The van der Waals surface area contributed by atoms with Crippen molar-refractivity contribution in [1.82, 2.24) is 9.21 Å². The minimum absolute atomic E-state index is 0.0725. The molecule has 1 aliphatic heterocycles. The van der Waals surface area contributed by atoms with E-state index in [2.05, 4.69) is 0 Å². The Morgan fingerprint density at radius 2 is 1.69 bits per heavy atom. The number of rotatable bonds is 5. The van der Waals surface area contributed by atoms with Crippen LogP contribution in [0.15, 0.2) is 53.4 Å². The summed E-state index contributed by atoms with van der Waals surface area (Å²) in [6.45, 7) is 2.21. The van der Waals surface area contributed by atoms with Crippen molar-refractivity contribution in [3.05, 3.63) is 59.7 Å². The van der Waals surface area contributed by atoms with E-state index in [4.69, 9.17) is 4.74 Å². The first kappa shape index (κ1) is 20.8. The highest BCUT2D eigenvalue weighted by molar-refractivity contribution is 7.89. The number of phenolic OH excluding ortho intramolecular Hbond substituents is 1. The summed E-state index contributed by atoms with van der Waals surface area (Å²) in [6, 6.07) is 12.3. The number of sulfonamides is 1. The lowest BCUT2D eigenvalue weighted by molar-refractivity contribution is -0.135. The van der Waals surface area contributed by atoms with Gasteiger partial charge < -0.3 is 14.7 Å². The van der Waals surface area contributed by atoms with Crippen molar-refractivity contribution in [2.24, 2.45) is 0 Å². The van der Waals surface area contributed by atoms with Gasteiger partial charge >= 0.3 is 5.97 Å². The zero-order valence-corrected chi connectivity index (χ0v) is 16.8. The van der Waals surface area contributed by atoms with E-state index in [1.165, 1.54) is 33.5 Å².